The quantitative estimate of drug-likeness (QED) is 0.595. The second kappa shape index (κ2) is 3.63. The van der Waals surface area contributed by atoms with Crippen molar-refractivity contribution >= 4 is 11.4 Å². The zero-order valence-electron chi connectivity index (χ0n) is 7.43. The van der Waals surface area contributed by atoms with Crippen LogP contribution in [0.1, 0.15) is 12.8 Å². The molecule has 1 aliphatic heterocycles. The molecule has 0 aromatic heterocycles. The van der Waals surface area contributed by atoms with E-state index in [4.69, 9.17) is 10.8 Å². The zero-order valence-corrected chi connectivity index (χ0v) is 7.43. The summed E-state index contributed by atoms with van der Waals surface area (Å²) in [5.41, 5.74) is 0.948. The lowest BCUT2D eigenvalue weighted by atomic mass is 9.96. The van der Waals surface area contributed by atoms with Gasteiger partial charge in [0, 0.05) is 13.0 Å². The van der Waals surface area contributed by atoms with E-state index in [-0.39, 0.29) is 6.04 Å². The lowest BCUT2D eigenvalue weighted by Crippen LogP contribution is -2.47. The Morgan fingerprint density at radius 1 is 1.67 bits per heavy atom. The van der Waals surface area contributed by atoms with Crippen molar-refractivity contribution < 1.29 is 0 Å². The van der Waals surface area contributed by atoms with Crippen LogP contribution in [0.25, 0.3) is 0 Å². The van der Waals surface area contributed by atoms with Gasteiger partial charge in [0.05, 0.1) is 17.5 Å². The highest BCUT2D eigenvalue weighted by molar-refractivity contribution is 6.42. The second-order valence-electron chi connectivity index (χ2n) is 3.16. The van der Waals surface area contributed by atoms with Crippen molar-refractivity contribution in [2.45, 2.75) is 18.9 Å². The van der Waals surface area contributed by atoms with Crippen molar-refractivity contribution in [3.05, 3.63) is 12.7 Å². The van der Waals surface area contributed by atoms with Crippen LogP contribution in [0, 0.1) is 10.8 Å². The summed E-state index contributed by atoms with van der Waals surface area (Å²) < 4.78 is 0. The van der Waals surface area contributed by atoms with Crippen LogP contribution >= 0.6 is 0 Å². The maximum absolute atomic E-state index is 7.67. The van der Waals surface area contributed by atoms with Crippen molar-refractivity contribution in [3.8, 4) is 0 Å². The summed E-state index contributed by atoms with van der Waals surface area (Å²) in [5, 5.41) is 15.2. The second-order valence-corrected chi connectivity index (χ2v) is 3.16. The van der Waals surface area contributed by atoms with Crippen molar-refractivity contribution in [1.29, 1.82) is 10.8 Å². The van der Waals surface area contributed by atoms with Gasteiger partial charge >= 0.3 is 0 Å². The average molecular weight is 165 g/mol. The Bertz CT molecular complexity index is 220. The Hall–Kier alpha value is -0.960. The van der Waals surface area contributed by atoms with Gasteiger partial charge in [0.15, 0.2) is 0 Å². The number of nitrogens with one attached hydrogen (secondary N) is 2. The van der Waals surface area contributed by atoms with E-state index in [1.807, 2.05) is 13.1 Å². The third-order valence-electron chi connectivity index (χ3n) is 2.29. The summed E-state index contributed by atoms with van der Waals surface area (Å²) in [7, 11) is 2.00. The highest BCUT2D eigenvalue weighted by atomic mass is 15.1. The number of nitrogens with zero attached hydrogens (tertiary/aromatic N) is 1. The molecule has 1 heterocycles. The Balaban J connectivity index is 2.71. The van der Waals surface area contributed by atoms with E-state index in [1.54, 1.807) is 0 Å². The van der Waals surface area contributed by atoms with Gasteiger partial charge in [-0.3, -0.25) is 4.90 Å². The molecule has 1 fully saturated rings. The van der Waals surface area contributed by atoms with Crippen LogP contribution in [0.2, 0.25) is 0 Å². The van der Waals surface area contributed by atoms with Crippen molar-refractivity contribution in [1.82, 2.24) is 4.90 Å². The molecule has 0 aliphatic carbocycles. The molecule has 12 heavy (non-hydrogen) atoms. The van der Waals surface area contributed by atoms with Crippen LogP contribution in [0.4, 0.5) is 0 Å². The van der Waals surface area contributed by atoms with E-state index in [0.29, 0.717) is 17.8 Å². The summed E-state index contributed by atoms with van der Waals surface area (Å²) in [4.78, 5) is 2.11. The van der Waals surface area contributed by atoms with Crippen LogP contribution in [0.5, 0.6) is 0 Å². The van der Waals surface area contributed by atoms with Crippen molar-refractivity contribution in [3.63, 3.8) is 0 Å². The molecule has 0 saturated carbocycles. The highest BCUT2D eigenvalue weighted by Gasteiger charge is 2.26. The molecule has 3 nitrogen and oxygen atoms in total. The Morgan fingerprint density at radius 3 is 2.92 bits per heavy atom. The third kappa shape index (κ3) is 1.61. The molecule has 2 N–H and O–H groups in total. The molecule has 0 bridgehead atoms. The van der Waals surface area contributed by atoms with Crippen LogP contribution < -0.4 is 0 Å². The molecule has 0 radical (unpaired) electrons. The summed E-state index contributed by atoms with van der Waals surface area (Å²) in [6.07, 6.45) is 3.30. The predicted octanol–water partition coefficient (Wildman–Crippen LogP) is 1.31. The van der Waals surface area contributed by atoms with Gasteiger partial charge in [-0.15, -0.1) is 6.58 Å². The molecule has 3 heteroatoms. The first-order valence-electron chi connectivity index (χ1n) is 4.14. The Kier molecular flexibility index (Phi) is 2.76. The molecule has 0 aromatic carbocycles. The van der Waals surface area contributed by atoms with Gasteiger partial charge in [0.1, 0.15) is 0 Å². The Labute approximate surface area is 73.1 Å². The van der Waals surface area contributed by atoms with Gasteiger partial charge in [0.2, 0.25) is 0 Å². The monoisotopic (exact) mass is 165 g/mol. The van der Waals surface area contributed by atoms with E-state index in [0.717, 1.165) is 13.0 Å². The van der Waals surface area contributed by atoms with E-state index in [2.05, 4.69) is 11.5 Å². The molecule has 1 atom stereocenters. The molecule has 1 rings (SSSR count). The topological polar surface area (TPSA) is 50.9 Å². The lowest BCUT2D eigenvalue weighted by Gasteiger charge is -2.32. The van der Waals surface area contributed by atoms with Gasteiger partial charge < -0.3 is 10.8 Å². The summed E-state index contributed by atoms with van der Waals surface area (Å²) >= 11 is 0. The normalized spacial score (nSPS) is 25.9. The maximum atomic E-state index is 7.67. The molecule has 1 saturated heterocycles. The maximum Gasteiger partial charge on any atom is 0.0696 e. The van der Waals surface area contributed by atoms with Crippen LogP contribution in [0.15, 0.2) is 12.7 Å². The van der Waals surface area contributed by atoms with Crippen molar-refractivity contribution in [2.75, 3.05) is 13.6 Å². The number of rotatable bonds is 2. The van der Waals surface area contributed by atoms with E-state index < -0.39 is 0 Å². The van der Waals surface area contributed by atoms with Crippen LogP contribution in [-0.2, 0) is 0 Å². The minimum absolute atomic E-state index is 0.0868. The standard InChI is InChI=1S/C9H15N3/c1-3-4-8-9(11)7(10)5-6-12(8)2/h3,8,10-11H,1,4-6H2,2H3. The van der Waals surface area contributed by atoms with Gasteiger partial charge in [-0.25, -0.2) is 0 Å². The molecule has 0 spiro atoms. The molecule has 1 unspecified atom stereocenters. The summed E-state index contributed by atoms with van der Waals surface area (Å²) in [6, 6.07) is 0.0868. The van der Waals surface area contributed by atoms with Gasteiger partial charge in [0.25, 0.3) is 0 Å². The largest absolute Gasteiger partial charge is 0.303 e. The third-order valence-corrected chi connectivity index (χ3v) is 2.29. The molecule has 0 amide bonds. The minimum atomic E-state index is 0.0868. The van der Waals surface area contributed by atoms with E-state index in [9.17, 15) is 0 Å². The first kappa shape index (κ1) is 9.13. The van der Waals surface area contributed by atoms with Gasteiger partial charge in [-0.1, -0.05) is 6.08 Å². The number of hydrogen-bond acceptors (Lipinski definition) is 3. The smallest absolute Gasteiger partial charge is 0.0696 e. The van der Waals surface area contributed by atoms with E-state index >= 15 is 0 Å². The van der Waals surface area contributed by atoms with Crippen LogP contribution in [-0.4, -0.2) is 36.0 Å². The van der Waals surface area contributed by atoms with Crippen LogP contribution in [0.3, 0.4) is 0 Å². The first-order valence-corrected chi connectivity index (χ1v) is 4.14. The number of likely N-dealkylation sites (tertiary alicyclic amines) is 1. The van der Waals surface area contributed by atoms with Gasteiger partial charge in [-0.2, -0.15) is 0 Å². The fraction of sp³-hybridized carbons (Fsp3) is 0.556. The molecule has 1 aliphatic rings. The highest BCUT2D eigenvalue weighted by Crippen LogP contribution is 2.12. The fourth-order valence-electron chi connectivity index (χ4n) is 1.46. The summed E-state index contributed by atoms with van der Waals surface area (Å²) in [5.74, 6) is 0. The lowest BCUT2D eigenvalue weighted by molar-refractivity contribution is 0.298. The predicted molar refractivity (Wildman–Crippen MR) is 51.3 cm³/mol. The Morgan fingerprint density at radius 2 is 2.33 bits per heavy atom. The molecular weight excluding hydrogens is 150 g/mol. The fourth-order valence-corrected chi connectivity index (χ4v) is 1.46. The van der Waals surface area contributed by atoms with Crippen molar-refractivity contribution in [2.24, 2.45) is 0 Å². The SMILES string of the molecule is C=CCC1C(=N)C(=N)CCN1C. The average Bonchev–Trinajstić information content (AvgIpc) is 2.06. The summed E-state index contributed by atoms with van der Waals surface area (Å²) in [6.45, 7) is 4.54. The zero-order chi connectivity index (χ0) is 9.14. The number of piperidine rings is 1. The van der Waals surface area contributed by atoms with E-state index in [1.165, 1.54) is 0 Å². The minimum Gasteiger partial charge on any atom is -0.303 e. The molecule has 0 aromatic rings. The molecule has 66 valence electrons. The molecular formula is C9H15N3. The van der Waals surface area contributed by atoms with Gasteiger partial charge in [-0.05, 0) is 13.5 Å². The first-order chi connectivity index (χ1) is 5.66. The number of hydrogen-bond donors (Lipinski definition) is 2.